The van der Waals surface area contributed by atoms with Crippen molar-refractivity contribution >= 4 is 5.91 Å². The van der Waals surface area contributed by atoms with Crippen LogP contribution in [0.1, 0.15) is 45.2 Å². The van der Waals surface area contributed by atoms with Crippen LogP contribution in [0.2, 0.25) is 0 Å². The van der Waals surface area contributed by atoms with Gasteiger partial charge in [0.1, 0.15) is 0 Å². The number of likely N-dealkylation sites (tertiary alicyclic amines) is 1. The van der Waals surface area contributed by atoms with Gasteiger partial charge in [-0.05, 0) is 12.8 Å². The number of H-pyrrole nitrogens is 1. The van der Waals surface area contributed by atoms with E-state index < -0.39 is 0 Å². The number of aromatic amines is 1. The molecule has 1 aliphatic rings. The quantitative estimate of drug-likeness (QED) is 0.925. The number of hydrogen-bond acceptors (Lipinski definition) is 4. The Morgan fingerprint density at radius 1 is 1.26 bits per heavy atom. The number of amides is 1. The van der Waals surface area contributed by atoms with Gasteiger partial charge in [0.2, 0.25) is 5.91 Å². The minimum absolute atomic E-state index is 0.213. The maximum atomic E-state index is 12.5. The van der Waals surface area contributed by atoms with Gasteiger partial charge in [-0.25, -0.2) is 0 Å². The number of carbonyl (C=O) groups excluding carboxylic acids is 1. The monoisotopic (exact) mass is 313 g/mol. The summed E-state index contributed by atoms with van der Waals surface area (Å²) in [6.45, 7) is 7.48. The number of aromatic nitrogens is 4. The molecule has 1 amide bonds. The molecule has 122 valence electrons. The fraction of sp³-hybridized carbons (Fsp3) is 0.529. The highest BCUT2D eigenvalue weighted by Gasteiger charge is 2.31. The predicted octanol–water partition coefficient (Wildman–Crippen LogP) is 2.62. The SMILES string of the molecule is CC(C)(C)C(=O)N1CCC[C@@H](c2cnc(-c3cn[nH]c3)cn2)C1. The van der Waals surface area contributed by atoms with Crippen LogP contribution in [-0.4, -0.2) is 44.1 Å². The Labute approximate surface area is 136 Å². The molecule has 0 spiro atoms. The van der Waals surface area contributed by atoms with Gasteiger partial charge in [0, 0.05) is 42.4 Å². The Morgan fingerprint density at radius 2 is 2.09 bits per heavy atom. The van der Waals surface area contributed by atoms with E-state index in [0.29, 0.717) is 0 Å². The van der Waals surface area contributed by atoms with E-state index in [9.17, 15) is 4.79 Å². The van der Waals surface area contributed by atoms with Gasteiger partial charge in [0.05, 0.1) is 23.8 Å². The van der Waals surface area contributed by atoms with Crippen molar-refractivity contribution in [3.05, 3.63) is 30.5 Å². The molecule has 1 atom stereocenters. The Morgan fingerprint density at radius 3 is 2.70 bits per heavy atom. The fourth-order valence-electron chi connectivity index (χ4n) is 2.97. The van der Waals surface area contributed by atoms with Crippen LogP contribution < -0.4 is 0 Å². The van der Waals surface area contributed by atoms with Gasteiger partial charge in [-0.1, -0.05) is 20.8 Å². The first kappa shape index (κ1) is 15.6. The first-order valence-electron chi connectivity index (χ1n) is 8.05. The molecule has 1 saturated heterocycles. The van der Waals surface area contributed by atoms with Crippen LogP contribution in [0, 0.1) is 5.41 Å². The largest absolute Gasteiger partial charge is 0.342 e. The molecule has 1 N–H and O–H groups in total. The van der Waals surface area contributed by atoms with Crippen LogP contribution in [-0.2, 0) is 4.79 Å². The van der Waals surface area contributed by atoms with Crippen LogP contribution in [0.3, 0.4) is 0 Å². The lowest BCUT2D eigenvalue weighted by Gasteiger charge is -2.36. The summed E-state index contributed by atoms with van der Waals surface area (Å²) in [6, 6.07) is 0. The Balaban J connectivity index is 1.73. The summed E-state index contributed by atoms with van der Waals surface area (Å²) >= 11 is 0. The van der Waals surface area contributed by atoms with Crippen molar-refractivity contribution in [1.82, 2.24) is 25.1 Å². The molecular weight excluding hydrogens is 290 g/mol. The molecule has 6 nitrogen and oxygen atoms in total. The zero-order chi connectivity index (χ0) is 16.4. The summed E-state index contributed by atoms with van der Waals surface area (Å²) in [5.41, 5.74) is 2.36. The summed E-state index contributed by atoms with van der Waals surface area (Å²) in [4.78, 5) is 23.5. The molecule has 2 aromatic heterocycles. The van der Waals surface area contributed by atoms with E-state index in [1.165, 1.54) is 0 Å². The summed E-state index contributed by atoms with van der Waals surface area (Å²) < 4.78 is 0. The first-order chi connectivity index (χ1) is 10.9. The molecule has 0 radical (unpaired) electrons. The van der Waals surface area contributed by atoms with E-state index in [2.05, 4.69) is 20.2 Å². The van der Waals surface area contributed by atoms with Crippen molar-refractivity contribution in [2.45, 2.75) is 39.5 Å². The molecule has 3 rings (SSSR count). The van der Waals surface area contributed by atoms with Crippen molar-refractivity contribution in [3.8, 4) is 11.3 Å². The third kappa shape index (κ3) is 3.41. The number of piperidine rings is 1. The summed E-state index contributed by atoms with van der Waals surface area (Å²) in [7, 11) is 0. The van der Waals surface area contributed by atoms with Gasteiger partial charge in [-0.2, -0.15) is 5.10 Å². The normalized spacial score (nSPS) is 18.9. The lowest BCUT2D eigenvalue weighted by Crippen LogP contribution is -2.44. The van der Waals surface area contributed by atoms with Crippen molar-refractivity contribution in [1.29, 1.82) is 0 Å². The Hall–Kier alpha value is -2.24. The molecule has 0 aromatic carbocycles. The van der Waals surface area contributed by atoms with E-state index in [1.54, 1.807) is 18.6 Å². The number of hydrogen-bond donors (Lipinski definition) is 1. The molecule has 0 bridgehead atoms. The molecule has 1 fully saturated rings. The number of nitrogens with one attached hydrogen (secondary N) is 1. The average Bonchev–Trinajstić information content (AvgIpc) is 3.08. The fourth-order valence-corrected chi connectivity index (χ4v) is 2.97. The maximum absolute atomic E-state index is 12.5. The molecular formula is C17H23N5O. The van der Waals surface area contributed by atoms with Crippen molar-refractivity contribution in [3.63, 3.8) is 0 Å². The second-order valence-corrected chi connectivity index (χ2v) is 7.15. The van der Waals surface area contributed by atoms with Gasteiger partial charge >= 0.3 is 0 Å². The minimum Gasteiger partial charge on any atom is -0.342 e. The van der Waals surface area contributed by atoms with Gasteiger partial charge in [0.15, 0.2) is 0 Å². The number of nitrogens with zero attached hydrogens (tertiary/aromatic N) is 4. The lowest BCUT2D eigenvalue weighted by molar-refractivity contribution is -0.140. The second-order valence-electron chi connectivity index (χ2n) is 7.15. The predicted molar refractivity (Wildman–Crippen MR) is 87.6 cm³/mol. The van der Waals surface area contributed by atoms with Crippen LogP contribution in [0.5, 0.6) is 0 Å². The zero-order valence-electron chi connectivity index (χ0n) is 13.9. The van der Waals surface area contributed by atoms with Gasteiger partial charge in [-0.15, -0.1) is 0 Å². The summed E-state index contributed by atoms with van der Waals surface area (Å²) in [5.74, 6) is 0.478. The number of carbonyl (C=O) groups is 1. The third-order valence-electron chi connectivity index (χ3n) is 4.23. The van der Waals surface area contributed by atoms with E-state index in [0.717, 1.165) is 42.9 Å². The molecule has 6 heteroatoms. The van der Waals surface area contributed by atoms with E-state index in [-0.39, 0.29) is 17.2 Å². The average molecular weight is 313 g/mol. The van der Waals surface area contributed by atoms with Gasteiger partial charge in [0.25, 0.3) is 0 Å². The van der Waals surface area contributed by atoms with Crippen LogP contribution >= 0.6 is 0 Å². The molecule has 3 heterocycles. The van der Waals surface area contributed by atoms with Crippen molar-refractivity contribution in [2.24, 2.45) is 5.41 Å². The first-order valence-corrected chi connectivity index (χ1v) is 8.05. The van der Waals surface area contributed by atoms with E-state index >= 15 is 0 Å². The molecule has 1 aliphatic heterocycles. The van der Waals surface area contributed by atoms with Crippen LogP contribution in [0.25, 0.3) is 11.3 Å². The van der Waals surface area contributed by atoms with Gasteiger partial charge < -0.3 is 4.90 Å². The van der Waals surface area contributed by atoms with Crippen molar-refractivity contribution < 1.29 is 4.79 Å². The van der Waals surface area contributed by atoms with Crippen LogP contribution in [0.4, 0.5) is 0 Å². The highest BCUT2D eigenvalue weighted by molar-refractivity contribution is 5.81. The van der Waals surface area contributed by atoms with E-state index in [1.807, 2.05) is 31.9 Å². The van der Waals surface area contributed by atoms with Gasteiger partial charge in [-0.3, -0.25) is 19.9 Å². The zero-order valence-corrected chi connectivity index (χ0v) is 13.9. The van der Waals surface area contributed by atoms with Crippen molar-refractivity contribution in [2.75, 3.05) is 13.1 Å². The standard InChI is InChI=1S/C17H23N5O/c1-17(2,3)16(23)22-6-4-5-12(11-22)14-9-19-15(10-18-14)13-7-20-21-8-13/h7-10,12H,4-6,11H2,1-3H3,(H,20,21)/t12-/m1/s1. The van der Waals surface area contributed by atoms with E-state index in [4.69, 9.17) is 0 Å². The second kappa shape index (κ2) is 6.10. The smallest absolute Gasteiger partial charge is 0.227 e. The third-order valence-corrected chi connectivity index (χ3v) is 4.23. The molecule has 0 unspecified atom stereocenters. The molecule has 0 saturated carbocycles. The summed E-state index contributed by atoms with van der Waals surface area (Å²) in [6.07, 6.45) is 9.20. The lowest BCUT2D eigenvalue weighted by atomic mass is 9.90. The Kier molecular flexibility index (Phi) is 4.15. The topological polar surface area (TPSA) is 74.8 Å². The molecule has 2 aromatic rings. The highest BCUT2D eigenvalue weighted by Crippen LogP contribution is 2.29. The Bertz CT molecular complexity index is 657. The minimum atomic E-state index is -0.335. The maximum Gasteiger partial charge on any atom is 0.227 e. The summed E-state index contributed by atoms with van der Waals surface area (Å²) in [5, 5.41) is 6.70. The number of rotatable bonds is 2. The highest BCUT2D eigenvalue weighted by atomic mass is 16.2. The molecule has 0 aliphatic carbocycles. The van der Waals surface area contributed by atoms with Crippen LogP contribution in [0.15, 0.2) is 24.8 Å². The molecule has 23 heavy (non-hydrogen) atoms.